The Hall–Kier alpha value is 0.0649. The van der Waals surface area contributed by atoms with E-state index in [9.17, 15) is 0 Å². The third-order valence-electron chi connectivity index (χ3n) is 1.75. The SMILES string of the molecule is B1CCCCCC1. The van der Waals surface area contributed by atoms with Crippen LogP contribution < -0.4 is 0 Å². The second-order valence-electron chi connectivity index (χ2n) is 2.47. The summed E-state index contributed by atoms with van der Waals surface area (Å²) in [5.74, 6) is 0. The number of hydrogen-bond acceptors (Lipinski definition) is 0. The third-order valence-corrected chi connectivity index (χ3v) is 1.75. The van der Waals surface area contributed by atoms with Crippen LogP contribution in [0.3, 0.4) is 0 Å². The first-order valence-corrected chi connectivity index (χ1v) is 3.50. The van der Waals surface area contributed by atoms with Crippen molar-refractivity contribution in [3.63, 3.8) is 0 Å². The van der Waals surface area contributed by atoms with Crippen LogP contribution in [0.15, 0.2) is 0 Å². The van der Waals surface area contributed by atoms with Crippen LogP contribution in [-0.2, 0) is 0 Å². The van der Waals surface area contributed by atoms with Gasteiger partial charge in [0.15, 0.2) is 0 Å². The van der Waals surface area contributed by atoms with Gasteiger partial charge in [0, 0.05) is 0 Å². The quantitative estimate of drug-likeness (QED) is 0.403. The zero-order chi connectivity index (χ0) is 4.95. The van der Waals surface area contributed by atoms with E-state index in [0.717, 1.165) is 0 Å². The Morgan fingerprint density at radius 1 is 0.714 bits per heavy atom. The van der Waals surface area contributed by atoms with E-state index < -0.39 is 0 Å². The van der Waals surface area contributed by atoms with E-state index in [1.54, 1.807) is 0 Å². The summed E-state index contributed by atoms with van der Waals surface area (Å²) < 4.78 is 0. The zero-order valence-electron chi connectivity index (χ0n) is 4.95. The zero-order valence-corrected chi connectivity index (χ0v) is 4.95. The van der Waals surface area contributed by atoms with Crippen LogP contribution in [0.2, 0.25) is 12.6 Å². The molecule has 1 fully saturated rings. The molecule has 1 heteroatoms. The molecular weight excluding hydrogens is 82.9 g/mol. The largest absolute Gasteiger partial charge is 0.120 e. The highest BCUT2D eigenvalue weighted by atomic mass is 13.9. The topological polar surface area (TPSA) is 0 Å². The molecule has 0 aromatic heterocycles. The predicted molar refractivity (Wildman–Crippen MR) is 35.2 cm³/mol. The Balaban J connectivity index is 2.04. The Morgan fingerprint density at radius 3 is 1.86 bits per heavy atom. The highest BCUT2D eigenvalue weighted by molar-refractivity contribution is 6.35. The van der Waals surface area contributed by atoms with Gasteiger partial charge in [0.2, 0.25) is 0 Å². The van der Waals surface area contributed by atoms with E-state index in [0.29, 0.717) is 0 Å². The van der Waals surface area contributed by atoms with Crippen LogP contribution in [-0.4, -0.2) is 7.28 Å². The monoisotopic (exact) mass is 96.1 g/mol. The summed E-state index contributed by atoms with van der Waals surface area (Å²) in [6.45, 7) is 0. The van der Waals surface area contributed by atoms with Crippen molar-refractivity contribution in [1.29, 1.82) is 0 Å². The molecule has 1 aliphatic rings. The minimum Gasteiger partial charge on any atom is -0.0774 e. The van der Waals surface area contributed by atoms with Gasteiger partial charge in [-0.3, -0.25) is 0 Å². The lowest BCUT2D eigenvalue weighted by Gasteiger charge is -1.86. The molecule has 1 saturated heterocycles. The van der Waals surface area contributed by atoms with Crippen molar-refractivity contribution in [3.8, 4) is 0 Å². The molecule has 1 aliphatic heterocycles. The van der Waals surface area contributed by atoms with Gasteiger partial charge < -0.3 is 0 Å². The summed E-state index contributed by atoms with van der Waals surface area (Å²) in [6.07, 6.45) is 9.00. The van der Waals surface area contributed by atoms with Gasteiger partial charge in [-0.05, 0) is 0 Å². The van der Waals surface area contributed by atoms with E-state index in [2.05, 4.69) is 0 Å². The number of hydrogen-bond donors (Lipinski definition) is 0. The predicted octanol–water partition coefficient (Wildman–Crippen LogP) is 1.83. The standard InChI is InChI=1S/C6H13B/c1-2-4-6-7-5-3-1/h7H,1-6H2. The molecule has 0 aliphatic carbocycles. The summed E-state index contributed by atoms with van der Waals surface area (Å²) >= 11 is 0. The van der Waals surface area contributed by atoms with Crippen molar-refractivity contribution in [1.82, 2.24) is 0 Å². The maximum absolute atomic E-state index is 1.50. The Bertz CT molecular complexity index is 23.8. The fourth-order valence-corrected chi connectivity index (χ4v) is 1.24. The summed E-state index contributed by atoms with van der Waals surface area (Å²) in [6, 6.07) is 0. The Labute approximate surface area is 46.5 Å². The Morgan fingerprint density at radius 2 is 1.29 bits per heavy atom. The lowest BCUT2D eigenvalue weighted by atomic mass is 9.71. The molecule has 7 heavy (non-hydrogen) atoms. The lowest BCUT2D eigenvalue weighted by Crippen LogP contribution is -1.81. The highest BCUT2D eigenvalue weighted by Gasteiger charge is 1.97. The van der Waals surface area contributed by atoms with E-state index in [1.807, 2.05) is 0 Å². The van der Waals surface area contributed by atoms with Gasteiger partial charge in [0.1, 0.15) is 7.28 Å². The average Bonchev–Trinajstić information content (AvgIpc) is 1.90. The lowest BCUT2D eigenvalue weighted by molar-refractivity contribution is 0.720. The molecule has 0 unspecified atom stereocenters. The molecular formula is C6H13B. The van der Waals surface area contributed by atoms with Crippen molar-refractivity contribution < 1.29 is 0 Å². The first kappa shape index (κ1) is 5.21. The maximum atomic E-state index is 1.50. The number of rotatable bonds is 0. The molecule has 0 N–H and O–H groups in total. The molecule has 0 bridgehead atoms. The van der Waals surface area contributed by atoms with Gasteiger partial charge in [-0.2, -0.15) is 0 Å². The fourth-order valence-electron chi connectivity index (χ4n) is 1.24. The molecule has 0 radical (unpaired) electrons. The van der Waals surface area contributed by atoms with Crippen LogP contribution in [0.1, 0.15) is 25.7 Å². The van der Waals surface area contributed by atoms with Gasteiger partial charge in [-0.1, -0.05) is 38.3 Å². The van der Waals surface area contributed by atoms with Crippen LogP contribution in [0, 0.1) is 0 Å². The van der Waals surface area contributed by atoms with Crippen LogP contribution in [0.5, 0.6) is 0 Å². The van der Waals surface area contributed by atoms with E-state index in [-0.39, 0.29) is 0 Å². The summed E-state index contributed by atoms with van der Waals surface area (Å²) in [7, 11) is 1.50. The van der Waals surface area contributed by atoms with Gasteiger partial charge >= 0.3 is 0 Å². The average molecular weight is 96.0 g/mol. The van der Waals surface area contributed by atoms with E-state index in [1.165, 1.54) is 45.6 Å². The van der Waals surface area contributed by atoms with E-state index in [4.69, 9.17) is 0 Å². The fraction of sp³-hybridized carbons (Fsp3) is 1.00. The molecule has 0 aromatic carbocycles. The van der Waals surface area contributed by atoms with Crippen molar-refractivity contribution in [3.05, 3.63) is 0 Å². The van der Waals surface area contributed by atoms with Crippen molar-refractivity contribution >= 4 is 7.28 Å². The first-order chi connectivity index (χ1) is 3.50. The second kappa shape index (κ2) is 3.12. The smallest absolute Gasteiger partial charge is 0.0774 e. The molecule has 1 heterocycles. The summed E-state index contributed by atoms with van der Waals surface area (Å²) in [4.78, 5) is 0. The van der Waals surface area contributed by atoms with Gasteiger partial charge in [0.25, 0.3) is 0 Å². The van der Waals surface area contributed by atoms with Crippen LogP contribution in [0.25, 0.3) is 0 Å². The minimum atomic E-state index is 1.50. The molecule has 40 valence electrons. The van der Waals surface area contributed by atoms with Gasteiger partial charge in [-0.25, -0.2) is 0 Å². The normalized spacial score (nSPS) is 22.9. The molecule has 0 saturated carbocycles. The van der Waals surface area contributed by atoms with E-state index >= 15 is 0 Å². The van der Waals surface area contributed by atoms with Crippen molar-refractivity contribution in [2.24, 2.45) is 0 Å². The molecule has 0 nitrogen and oxygen atoms in total. The van der Waals surface area contributed by atoms with Crippen LogP contribution >= 0.6 is 0 Å². The molecule has 0 amide bonds. The first-order valence-electron chi connectivity index (χ1n) is 3.50. The third kappa shape index (κ3) is 2.01. The second-order valence-corrected chi connectivity index (χ2v) is 2.47. The molecule has 1 rings (SSSR count). The molecule has 0 spiro atoms. The Kier molecular flexibility index (Phi) is 2.32. The summed E-state index contributed by atoms with van der Waals surface area (Å²) in [5.41, 5.74) is 0. The van der Waals surface area contributed by atoms with Crippen LogP contribution in [0.4, 0.5) is 0 Å². The molecule has 0 aromatic rings. The van der Waals surface area contributed by atoms with Crippen molar-refractivity contribution in [2.75, 3.05) is 0 Å². The minimum absolute atomic E-state index is 1.50. The summed E-state index contributed by atoms with van der Waals surface area (Å²) in [5, 5.41) is 0. The molecule has 0 atom stereocenters. The van der Waals surface area contributed by atoms with Crippen molar-refractivity contribution in [2.45, 2.75) is 38.3 Å². The highest BCUT2D eigenvalue weighted by Crippen LogP contribution is 2.11. The van der Waals surface area contributed by atoms with Gasteiger partial charge in [0.05, 0.1) is 0 Å². The van der Waals surface area contributed by atoms with Gasteiger partial charge in [-0.15, -0.1) is 0 Å². The maximum Gasteiger partial charge on any atom is 0.120 e.